The third kappa shape index (κ3) is 6.49. The number of rotatable bonds is 9. The molecule has 1 aromatic heterocycles. The molecule has 1 saturated heterocycles. The second-order valence-electron chi connectivity index (χ2n) is 6.71. The minimum atomic E-state index is -0.456. The summed E-state index contributed by atoms with van der Waals surface area (Å²) in [6.07, 6.45) is 1.85. The fourth-order valence-electron chi connectivity index (χ4n) is 2.95. The SMILES string of the molecule is Cc1csc(Sc2ccc(C(=O)NCCCCN3CCOCC3)cc2[N+](=O)[O-])n1. The van der Waals surface area contributed by atoms with E-state index in [0.717, 1.165) is 55.7 Å². The molecule has 0 spiro atoms. The summed E-state index contributed by atoms with van der Waals surface area (Å²) in [5, 5.41) is 16.2. The highest BCUT2D eigenvalue weighted by Crippen LogP contribution is 2.36. The lowest BCUT2D eigenvalue weighted by Crippen LogP contribution is -2.37. The first-order valence-corrected chi connectivity index (χ1v) is 11.2. The molecule has 0 aliphatic carbocycles. The predicted molar refractivity (Wildman–Crippen MR) is 113 cm³/mol. The quantitative estimate of drug-likeness (QED) is 0.366. The number of carbonyl (C=O) groups is 1. The molecule has 1 fully saturated rings. The van der Waals surface area contributed by atoms with Crippen LogP contribution < -0.4 is 5.32 Å². The Bertz CT molecular complexity index is 852. The zero-order chi connectivity index (χ0) is 20.6. The molecule has 0 radical (unpaired) electrons. The van der Waals surface area contributed by atoms with Crippen molar-refractivity contribution in [1.82, 2.24) is 15.2 Å². The summed E-state index contributed by atoms with van der Waals surface area (Å²) in [6, 6.07) is 4.58. The number of carbonyl (C=O) groups excluding carboxylic acids is 1. The molecule has 0 bridgehead atoms. The molecule has 1 aliphatic rings. The number of hydrogen-bond donors (Lipinski definition) is 1. The molecule has 0 saturated carbocycles. The van der Waals surface area contributed by atoms with Crippen molar-refractivity contribution in [3.63, 3.8) is 0 Å². The molecule has 1 N–H and O–H groups in total. The van der Waals surface area contributed by atoms with Crippen LogP contribution in [0.25, 0.3) is 0 Å². The molecule has 3 rings (SSSR count). The number of aromatic nitrogens is 1. The zero-order valence-electron chi connectivity index (χ0n) is 16.3. The van der Waals surface area contributed by atoms with Gasteiger partial charge < -0.3 is 10.1 Å². The Labute approximate surface area is 177 Å². The van der Waals surface area contributed by atoms with Gasteiger partial charge in [-0.15, -0.1) is 11.3 Å². The van der Waals surface area contributed by atoms with Crippen LogP contribution in [0.4, 0.5) is 5.69 Å². The van der Waals surface area contributed by atoms with Gasteiger partial charge in [0, 0.05) is 42.3 Å². The third-order valence-corrected chi connectivity index (χ3v) is 6.63. The van der Waals surface area contributed by atoms with Crippen LogP contribution in [0, 0.1) is 17.0 Å². The van der Waals surface area contributed by atoms with Crippen molar-refractivity contribution in [2.24, 2.45) is 0 Å². The minimum Gasteiger partial charge on any atom is -0.379 e. The summed E-state index contributed by atoms with van der Waals surface area (Å²) in [6.45, 7) is 6.90. The van der Waals surface area contributed by atoms with Crippen molar-refractivity contribution in [2.45, 2.75) is 29.0 Å². The Morgan fingerprint density at radius 1 is 1.38 bits per heavy atom. The number of morpholine rings is 1. The number of nitro groups is 1. The van der Waals surface area contributed by atoms with Crippen molar-refractivity contribution in [1.29, 1.82) is 0 Å². The molecular weight excluding hydrogens is 412 g/mol. The molecule has 1 aliphatic heterocycles. The maximum Gasteiger partial charge on any atom is 0.284 e. The number of thiazole rings is 1. The molecule has 8 nitrogen and oxygen atoms in total. The van der Waals surface area contributed by atoms with E-state index in [0.29, 0.717) is 17.0 Å². The van der Waals surface area contributed by atoms with E-state index < -0.39 is 4.92 Å². The summed E-state index contributed by atoms with van der Waals surface area (Å²) in [4.78, 5) is 30.6. The Hall–Kier alpha value is -2.01. The Balaban J connectivity index is 1.51. The van der Waals surface area contributed by atoms with Crippen LogP contribution in [0.5, 0.6) is 0 Å². The van der Waals surface area contributed by atoms with Gasteiger partial charge in [0.1, 0.15) is 0 Å². The Kier molecular flexibility index (Phi) is 7.99. The predicted octanol–water partition coefficient (Wildman–Crippen LogP) is 3.35. The lowest BCUT2D eigenvalue weighted by Gasteiger charge is -2.26. The molecule has 1 amide bonds. The van der Waals surface area contributed by atoms with Crippen molar-refractivity contribution in [2.75, 3.05) is 39.4 Å². The Morgan fingerprint density at radius 2 is 2.17 bits per heavy atom. The van der Waals surface area contributed by atoms with Gasteiger partial charge in [0.2, 0.25) is 0 Å². The van der Waals surface area contributed by atoms with Gasteiger partial charge >= 0.3 is 0 Å². The summed E-state index contributed by atoms with van der Waals surface area (Å²) in [5.41, 5.74) is 1.09. The second-order valence-corrected chi connectivity index (χ2v) is 8.86. The maximum atomic E-state index is 12.4. The van der Waals surface area contributed by atoms with Gasteiger partial charge in [-0.25, -0.2) is 4.98 Å². The monoisotopic (exact) mass is 436 g/mol. The van der Waals surface area contributed by atoms with E-state index in [1.54, 1.807) is 12.1 Å². The second kappa shape index (κ2) is 10.7. The van der Waals surface area contributed by atoms with Crippen LogP contribution in [0.2, 0.25) is 0 Å². The maximum absolute atomic E-state index is 12.4. The minimum absolute atomic E-state index is 0.0807. The first-order chi connectivity index (χ1) is 14.0. The highest BCUT2D eigenvalue weighted by Gasteiger charge is 2.19. The first-order valence-electron chi connectivity index (χ1n) is 9.49. The number of nitrogens with one attached hydrogen (secondary N) is 1. The van der Waals surface area contributed by atoms with Gasteiger partial charge in [0.25, 0.3) is 11.6 Å². The van der Waals surface area contributed by atoms with Gasteiger partial charge in [0.05, 0.1) is 23.0 Å². The number of aryl methyl sites for hydroxylation is 1. The molecule has 156 valence electrons. The average molecular weight is 437 g/mol. The molecule has 2 heterocycles. The van der Waals surface area contributed by atoms with Gasteiger partial charge in [-0.05, 0) is 38.4 Å². The van der Waals surface area contributed by atoms with E-state index in [1.807, 2.05) is 12.3 Å². The summed E-state index contributed by atoms with van der Waals surface area (Å²) in [5.74, 6) is -0.291. The highest BCUT2D eigenvalue weighted by atomic mass is 32.2. The first kappa shape index (κ1) is 21.7. The van der Waals surface area contributed by atoms with E-state index in [-0.39, 0.29) is 11.6 Å². The average Bonchev–Trinajstić information content (AvgIpc) is 3.13. The van der Waals surface area contributed by atoms with Crippen molar-refractivity contribution in [3.8, 4) is 0 Å². The van der Waals surface area contributed by atoms with E-state index in [9.17, 15) is 14.9 Å². The Morgan fingerprint density at radius 3 is 2.86 bits per heavy atom. The molecule has 10 heteroatoms. The van der Waals surface area contributed by atoms with E-state index >= 15 is 0 Å². The smallest absolute Gasteiger partial charge is 0.284 e. The van der Waals surface area contributed by atoms with Crippen LogP contribution in [-0.4, -0.2) is 60.1 Å². The third-order valence-electron chi connectivity index (χ3n) is 4.50. The van der Waals surface area contributed by atoms with Crippen LogP contribution in [0.3, 0.4) is 0 Å². The lowest BCUT2D eigenvalue weighted by molar-refractivity contribution is -0.387. The van der Waals surface area contributed by atoms with Crippen LogP contribution in [0.1, 0.15) is 28.9 Å². The lowest BCUT2D eigenvalue weighted by atomic mass is 10.2. The van der Waals surface area contributed by atoms with Crippen LogP contribution in [0.15, 0.2) is 32.8 Å². The van der Waals surface area contributed by atoms with Crippen LogP contribution in [-0.2, 0) is 4.74 Å². The molecule has 1 aromatic carbocycles. The van der Waals surface area contributed by atoms with E-state index in [1.165, 1.54) is 29.2 Å². The van der Waals surface area contributed by atoms with Crippen molar-refractivity contribution >= 4 is 34.7 Å². The molecule has 2 aromatic rings. The highest BCUT2D eigenvalue weighted by molar-refractivity contribution is 8.01. The summed E-state index contributed by atoms with van der Waals surface area (Å²) < 4.78 is 6.06. The van der Waals surface area contributed by atoms with E-state index in [2.05, 4.69) is 15.2 Å². The van der Waals surface area contributed by atoms with Crippen LogP contribution >= 0.6 is 23.1 Å². The standard InChI is InChI=1S/C19H24N4O4S2/c1-14-13-28-19(21-14)29-17-5-4-15(12-16(17)23(25)26)18(24)20-6-2-3-7-22-8-10-27-11-9-22/h4-5,12-13H,2-3,6-11H2,1H3,(H,20,24). The number of nitro benzene ring substituents is 1. The molecule has 0 unspecified atom stereocenters. The van der Waals surface area contributed by atoms with Gasteiger partial charge in [-0.2, -0.15) is 0 Å². The van der Waals surface area contributed by atoms with Gasteiger partial charge in [0.15, 0.2) is 4.34 Å². The van der Waals surface area contributed by atoms with Crippen molar-refractivity contribution in [3.05, 3.63) is 45.0 Å². The summed E-state index contributed by atoms with van der Waals surface area (Å²) >= 11 is 2.68. The van der Waals surface area contributed by atoms with E-state index in [4.69, 9.17) is 4.74 Å². The summed E-state index contributed by atoms with van der Waals surface area (Å²) in [7, 11) is 0. The van der Waals surface area contributed by atoms with Crippen molar-refractivity contribution < 1.29 is 14.5 Å². The largest absolute Gasteiger partial charge is 0.379 e. The number of amides is 1. The molecule has 0 atom stereocenters. The fourth-order valence-corrected chi connectivity index (χ4v) is 4.83. The number of hydrogen-bond acceptors (Lipinski definition) is 8. The fraction of sp³-hybridized carbons (Fsp3) is 0.474. The number of unbranched alkanes of at least 4 members (excludes halogenated alkanes) is 1. The zero-order valence-corrected chi connectivity index (χ0v) is 17.9. The molecular formula is C19H24N4O4S2. The number of nitrogens with zero attached hydrogens (tertiary/aromatic N) is 3. The molecule has 29 heavy (non-hydrogen) atoms. The topological polar surface area (TPSA) is 97.6 Å². The van der Waals surface area contributed by atoms with Gasteiger partial charge in [-0.1, -0.05) is 11.8 Å². The normalized spacial score (nSPS) is 14.7. The number of ether oxygens (including phenoxy) is 1. The van der Waals surface area contributed by atoms with Gasteiger partial charge in [-0.3, -0.25) is 19.8 Å². The number of benzene rings is 1.